The SMILES string of the molecule is O=C(O)[C@H]1CS[C@@H](COc2ccccc2O)N1. The van der Waals surface area contributed by atoms with Crippen LogP contribution in [-0.4, -0.2) is 40.0 Å². The summed E-state index contributed by atoms with van der Waals surface area (Å²) in [6, 6.07) is 6.18. The molecule has 1 saturated heterocycles. The summed E-state index contributed by atoms with van der Waals surface area (Å²) in [6.07, 6.45) is 0. The van der Waals surface area contributed by atoms with Crippen LogP contribution in [0, 0.1) is 0 Å². The Labute approximate surface area is 103 Å². The van der Waals surface area contributed by atoms with E-state index in [4.69, 9.17) is 9.84 Å². The molecular weight excluding hydrogens is 242 g/mol. The first-order chi connectivity index (χ1) is 8.16. The Morgan fingerprint density at radius 3 is 2.94 bits per heavy atom. The maximum absolute atomic E-state index is 10.7. The fourth-order valence-corrected chi connectivity index (χ4v) is 2.60. The zero-order valence-corrected chi connectivity index (χ0v) is 9.81. The van der Waals surface area contributed by atoms with Gasteiger partial charge in [0.05, 0.1) is 5.37 Å². The third kappa shape index (κ3) is 3.04. The number of aromatic hydroxyl groups is 1. The maximum atomic E-state index is 10.7. The summed E-state index contributed by atoms with van der Waals surface area (Å²) in [7, 11) is 0. The number of benzene rings is 1. The van der Waals surface area contributed by atoms with Gasteiger partial charge in [-0.15, -0.1) is 11.8 Å². The number of ether oxygens (including phenoxy) is 1. The standard InChI is InChI=1S/C11H13NO4S/c13-8-3-1-2-4-9(8)16-5-10-12-7(6-17-10)11(14)15/h1-4,7,10,12-13H,5-6H2,(H,14,15)/t7-,10+/m1/s1. The van der Waals surface area contributed by atoms with Crippen LogP contribution in [0.2, 0.25) is 0 Å². The molecule has 1 aliphatic heterocycles. The summed E-state index contributed by atoms with van der Waals surface area (Å²) in [5.74, 6) is 0.186. The average Bonchev–Trinajstić information content (AvgIpc) is 2.77. The highest BCUT2D eigenvalue weighted by molar-refractivity contribution is 8.00. The van der Waals surface area contributed by atoms with Crippen molar-refractivity contribution < 1.29 is 19.7 Å². The third-order valence-corrected chi connectivity index (χ3v) is 3.61. The van der Waals surface area contributed by atoms with Crippen molar-refractivity contribution >= 4 is 17.7 Å². The highest BCUT2D eigenvalue weighted by Gasteiger charge is 2.29. The Bertz CT molecular complexity index is 412. The molecule has 0 aliphatic carbocycles. The minimum atomic E-state index is -0.845. The van der Waals surface area contributed by atoms with E-state index >= 15 is 0 Å². The van der Waals surface area contributed by atoms with Gasteiger partial charge in [0.15, 0.2) is 11.5 Å². The van der Waals surface area contributed by atoms with Crippen molar-refractivity contribution in [1.82, 2.24) is 5.32 Å². The van der Waals surface area contributed by atoms with Crippen molar-refractivity contribution in [3.05, 3.63) is 24.3 Å². The van der Waals surface area contributed by atoms with Gasteiger partial charge in [-0.25, -0.2) is 0 Å². The van der Waals surface area contributed by atoms with E-state index in [2.05, 4.69) is 5.32 Å². The summed E-state index contributed by atoms with van der Waals surface area (Å²) in [6.45, 7) is 0.325. The zero-order valence-electron chi connectivity index (χ0n) is 9.00. The number of phenolic OH excluding ortho intramolecular Hbond substituents is 1. The number of aliphatic carboxylic acids is 1. The van der Waals surface area contributed by atoms with E-state index < -0.39 is 12.0 Å². The third-order valence-electron chi connectivity index (χ3n) is 2.40. The van der Waals surface area contributed by atoms with E-state index in [-0.39, 0.29) is 11.1 Å². The van der Waals surface area contributed by atoms with Crippen LogP contribution in [0.1, 0.15) is 0 Å². The van der Waals surface area contributed by atoms with E-state index in [9.17, 15) is 9.90 Å². The summed E-state index contributed by atoms with van der Waals surface area (Å²) >= 11 is 1.51. The molecule has 0 unspecified atom stereocenters. The van der Waals surface area contributed by atoms with Crippen molar-refractivity contribution in [3.8, 4) is 11.5 Å². The minimum absolute atomic E-state index is 0.0595. The lowest BCUT2D eigenvalue weighted by Crippen LogP contribution is -2.38. The fourth-order valence-electron chi connectivity index (χ4n) is 1.52. The predicted octanol–water partition coefficient (Wildman–Crippen LogP) is 0.887. The van der Waals surface area contributed by atoms with Crippen LogP contribution >= 0.6 is 11.8 Å². The summed E-state index contributed by atoms with van der Waals surface area (Å²) in [4.78, 5) is 10.7. The van der Waals surface area contributed by atoms with Crippen LogP contribution in [0.5, 0.6) is 11.5 Å². The Morgan fingerprint density at radius 2 is 2.29 bits per heavy atom. The van der Waals surface area contributed by atoms with E-state index in [0.717, 1.165) is 0 Å². The minimum Gasteiger partial charge on any atom is -0.504 e. The Hall–Kier alpha value is -1.40. The number of rotatable bonds is 4. The first-order valence-electron chi connectivity index (χ1n) is 5.18. The molecule has 2 rings (SSSR count). The largest absolute Gasteiger partial charge is 0.504 e. The molecule has 17 heavy (non-hydrogen) atoms. The zero-order chi connectivity index (χ0) is 12.3. The van der Waals surface area contributed by atoms with E-state index in [0.29, 0.717) is 18.1 Å². The van der Waals surface area contributed by atoms with Crippen molar-refractivity contribution in [2.45, 2.75) is 11.4 Å². The summed E-state index contributed by atoms with van der Waals surface area (Å²) < 4.78 is 5.42. The molecule has 92 valence electrons. The number of thioether (sulfide) groups is 1. The molecule has 2 atom stereocenters. The van der Waals surface area contributed by atoms with Gasteiger partial charge in [-0.05, 0) is 12.1 Å². The number of hydrogen-bond acceptors (Lipinski definition) is 5. The monoisotopic (exact) mass is 255 g/mol. The number of carbonyl (C=O) groups is 1. The molecule has 1 fully saturated rings. The van der Waals surface area contributed by atoms with Crippen LogP contribution in [-0.2, 0) is 4.79 Å². The van der Waals surface area contributed by atoms with Crippen LogP contribution in [0.25, 0.3) is 0 Å². The van der Waals surface area contributed by atoms with E-state index in [1.54, 1.807) is 24.3 Å². The molecule has 0 saturated carbocycles. The highest BCUT2D eigenvalue weighted by atomic mass is 32.2. The van der Waals surface area contributed by atoms with Crippen LogP contribution < -0.4 is 10.1 Å². The normalized spacial score (nSPS) is 23.5. The summed E-state index contributed by atoms with van der Waals surface area (Å²) in [5.41, 5.74) is 0. The lowest BCUT2D eigenvalue weighted by molar-refractivity contribution is -0.138. The van der Waals surface area contributed by atoms with Gasteiger partial charge in [0.2, 0.25) is 0 Å². The second-order valence-electron chi connectivity index (χ2n) is 3.66. The average molecular weight is 255 g/mol. The molecule has 1 heterocycles. The maximum Gasteiger partial charge on any atom is 0.321 e. The number of hydrogen-bond donors (Lipinski definition) is 3. The smallest absolute Gasteiger partial charge is 0.321 e. The second kappa shape index (κ2) is 5.29. The number of para-hydroxylation sites is 2. The van der Waals surface area contributed by atoms with Gasteiger partial charge in [0.1, 0.15) is 12.6 Å². The van der Waals surface area contributed by atoms with Gasteiger partial charge >= 0.3 is 5.97 Å². The Kier molecular flexibility index (Phi) is 3.75. The predicted molar refractivity (Wildman–Crippen MR) is 64.4 cm³/mol. The molecule has 5 nitrogen and oxygen atoms in total. The Balaban J connectivity index is 1.84. The fraction of sp³-hybridized carbons (Fsp3) is 0.364. The van der Waals surface area contributed by atoms with Gasteiger partial charge in [-0.2, -0.15) is 0 Å². The van der Waals surface area contributed by atoms with E-state index in [1.807, 2.05) is 0 Å². The van der Waals surface area contributed by atoms with Crippen LogP contribution in [0.15, 0.2) is 24.3 Å². The highest BCUT2D eigenvalue weighted by Crippen LogP contribution is 2.26. The summed E-state index contributed by atoms with van der Waals surface area (Å²) in [5, 5.41) is 21.2. The molecule has 0 radical (unpaired) electrons. The Morgan fingerprint density at radius 1 is 1.53 bits per heavy atom. The van der Waals surface area contributed by atoms with Gasteiger partial charge < -0.3 is 14.9 Å². The van der Waals surface area contributed by atoms with Crippen molar-refractivity contribution in [2.24, 2.45) is 0 Å². The molecule has 1 aromatic carbocycles. The van der Waals surface area contributed by atoms with Crippen molar-refractivity contribution in [2.75, 3.05) is 12.4 Å². The number of carboxylic acids is 1. The first kappa shape index (κ1) is 12.1. The lowest BCUT2D eigenvalue weighted by Gasteiger charge is -2.13. The number of carboxylic acid groups (broad SMARTS) is 1. The molecule has 0 amide bonds. The van der Waals surface area contributed by atoms with Gasteiger partial charge in [0.25, 0.3) is 0 Å². The molecular formula is C11H13NO4S. The number of nitrogens with one attached hydrogen (secondary N) is 1. The molecule has 3 N–H and O–H groups in total. The molecule has 1 aromatic rings. The second-order valence-corrected chi connectivity index (χ2v) is 4.89. The van der Waals surface area contributed by atoms with Crippen molar-refractivity contribution in [1.29, 1.82) is 0 Å². The van der Waals surface area contributed by atoms with Gasteiger partial charge in [0, 0.05) is 5.75 Å². The molecule has 0 bridgehead atoms. The molecule has 6 heteroatoms. The lowest BCUT2D eigenvalue weighted by atomic mass is 10.3. The quantitative estimate of drug-likeness (QED) is 0.741. The van der Waals surface area contributed by atoms with Crippen molar-refractivity contribution in [3.63, 3.8) is 0 Å². The molecule has 0 aromatic heterocycles. The molecule has 0 spiro atoms. The number of phenols is 1. The van der Waals surface area contributed by atoms with Crippen LogP contribution in [0.3, 0.4) is 0 Å². The van der Waals surface area contributed by atoms with Gasteiger partial charge in [-0.3, -0.25) is 10.1 Å². The van der Waals surface area contributed by atoms with Gasteiger partial charge in [-0.1, -0.05) is 12.1 Å². The van der Waals surface area contributed by atoms with Crippen LogP contribution in [0.4, 0.5) is 0 Å². The van der Waals surface area contributed by atoms with E-state index in [1.165, 1.54) is 11.8 Å². The topological polar surface area (TPSA) is 78.8 Å². The first-order valence-corrected chi connectivity index (χ1v) is 6.23. The molecule has 1 aliphatic rings.